The van der Waals surface area contributed by atoms with Gasteiger partial charge in [0.05, 0.1) is 5.69 Å². The molecule has 0 radical (unpaired) electrons. The maximum absolute atomic E-state index is 12.6. The molecule has 0 aliphatic rings. The van der Waals surface area contributed by atoms with Gasteiger partial charge in [0, 0.05) is 6.20 Å². The topological polar surface area (TPSA) is 68.0 Å². The molecule has 0 spiro atoms. The molecule has 0 fully saturated rings. The van der Waals surface area contributed by atoms with Crippen LogP contribution in [0.5, 0.6) is 0 Å². The Hall–Kier alpha value is -2.38. The SMILES string of the molecule is Cc1ccn(-c2nc(C(F)(F)F)ccc2C(=O)O)n1. The number of hydrogen-bond acceptors (Lipinski definition) is 3. The van der Waals surface area contributed by atoms with Crippen molar-refractivity contribution < 1.29 is 23.1 Å². The fraction of sp³-hybridized carbons (Fsp3) is 0.182. The molecule has 2 aromatic heterocycles. The van der Waals surface area contributed by atoms with Crippen LogP contribution in [0.3, 0.4) is 0 Å². The van der Waals surface area contributed by atoms with E-state index in [1.165, 1.54) is 12.3 Å². The molecule has 0 saturated carbocycles. The third kappa shape index (κ3) is 2.56. The number of aryl methyl sites for hydroxylation is 1. The molecular formula is C11H8F3N3O2. The summed E-state index contributed by atoms with van der Waals surface area (Å²) in [7, 11) is 0. The Labute approximate surface area is 105 Å². The first-order valence-electron chi connectivity index (χ1n) is 5.13. The number of aromatic nitrogens is 3. The largest absolute Gasteiger partial charge is 0.478 e. The van der Waals surface area contributed by atoms with E-state index < -0.39 is 17.8 Å². The van der Waals surface area contributed by atoms with E-state index in [2.05, 4.69) is 10.1 Å². The Bertz CT molecular complexity index is 634. The van der Waals surface area contributed by atoms with Gasteiger partial charge in [0.15, 0.2) is 5.82 Å². The summed E-state index contributed by atoms with van der Waals surface area (Å²) in [4.78, 5) is 14.3. The summed E-state index contributed by atoms with van der Waals surface area (Å²) in [5, 5.41) is 12.8. The van der Waals surface area contributed by atoms with Crippen molar-refractivity contribution in [2.75, 3.05) is 0 Å². The maximum atomic E-state index is 12.6. The van der Waals surface area contributed by atoms with Gasteiger partial charge < -0.3 is 5.11 Å². The van der Waals surface area contributed by atoms with E-state index in [-0.39, 0.29) is 11.4 Å². The predicted octanol–water partition coefficient (Wildman–Crippen LogP) is 2.29. The zero-order valence-corrected chi connectivity index (χ0v) is 9.64. The number of carbonyl (C=O) groups is 1. The normalized spacial score (nSPS) is 11.6. The second-order valence-corrected chi connectivity index (χ2v) is 3.77. The summed E-state index contributed by atoms with van der Waals surface area (Å²) in [6, 6.07) is 3.03. The van der Waals surface area contributed by atoms with Gasteiger partial charge in [-0.15, -0.1) is 0 Å². The molecule has 2 rings (SSSR count). The Morgan fingerprint density at radius 1 is 1.32 bits per heavy atom. The number of carboxylic acid groups (broad SMARTS) is 1. The quantitative estimate of drug-likeness (QED) is 0.909. The van der Waals surface area contributed by atoms with Crippen LogP contribution in [0.1, 0.15) is 21.7 Å². The molecule has 0 bridgehead atoms. The number of carboxylic acids is 1. The average Bonchev–Trinajstić information content (AvgIpc) is 2.73. The van der Waals surface area contributed by atoms with Gasteiger partial charge in [0.1, 0.15) is 11.3 Å². The smallest absolute Gasteiger partial charge is 0.433 e. The van der Waals surface area contributed by atoms with Gasteiger partial charge in [-0.1, -0.05) is 0 Å². The molecule has 0 aliphatic heterocycles. The molecule has 0 saturated heterocycles. The number of halogens is 3. The fourth-order valence-electron chi connectivity index (χ4n) is 1.48. The Kier molecular flexibility index (Phi) is 3.01. The molecule has 100 valence electrons. The van der Waals surface area contributed by atoms with Crippen LogP contribution in [0.2, 0.25) is 0 Å². The maximum Gasteiger partial charge on any atom is 0.433 e. The van der Waals surface area contributed by atoms with Crippen LogP contribution in [0, 0.1) is 6.92 Å². The van der Waals surface area contributed by atoms with Crippen molar-refractivity contribution in [2.45, 2.75) is 13.1 Å². The molecule has 1 N–H and O–H groups in total. The summed E-state index contributed by atoms with van der Waals surface area (Å²) in [6.07, 6.45) is -3.29. The van der Waals surface area contributed by atoms with Crippen LogP contribution in [-0.4, -0.2) is 25.8 Å². The van der Waals surface area contributed by atoms with Gasteiger partial charge in [-0.25, -0.2) is 14.5 Å². The summed E-state index contributed by atoms with van der Waals surface area (Å²) < 4.78 is 38.8. The number of pyridine rings is 1. The number of alkyl halides is 3. The fourth-order valence-corrected chi connectivity index (χ4v) is 1.48. The zero-order chi connectivity index (χ0) is 14.2. The van der Waals surface area contributed by atoms with Crippen LogP contribution in [0.4, 0.5) is 13.2 Å². The van der Waals surface area contributed by atoms with Gasteiger partial charge in [-0.2, -0.15) is 18.3 Å². The first kappa shape index (κ1) is 13.1. The van der Waals surface area contributed by atoms with Gasteiger partial charge in [0.2, 0.25) is 0 Å². The van der Waals surface area contributed by atoms with E-state index in [9.17, 15) is 18.0 Å². The lowest BCUT2D eigenvalue weighted by molar-refractivity contribution is -0.141. The lowest BCUT2D eigenvalue weighted by atomic mass is 10.2. The Morgan fingerprint density at radius 2 is 2.00 bits per heavy atom. The van der Waals surface area contributed by atoms with Crippen molar-refractivity contribution in [2.24, 2.45) is 0 Å². The minimum atomic E-state index is -4.64. The standard InChI is InChI=1S/C11H8F3N3O2/c1-6-4-5-17(16-6)9-7(10(18)19)2-3-8(15-9)11(12,13)14/h2-5H,1H3,(H,18,19). The average molecular weight is 271 g/mol. The van der Waals surface area contributed by atoms with E-state index in [1.807, 2.05) is 0 Å². The van der Waals surface area contributed by atoms with Crippen LogP contribution in [0.15, 0.2) is 24.4 Å². The molecule has 19 heavy (non-hydrogen) atoms. The predicted molar refractivity (Wildman–Crippen MR) is 58.1 cm³/mol. The first-order chi connectivity index (χ1) is 8.79. The molecule has 8 heteroatoms. The molecule has 0 aliphatic carbocycles. The third-order valence-electron chi connectivity index (χ3n) is 2.34. The van der Waals surface area contributed by atoms with Crippen LogP contribution < -0.4 is 0 Å². The monoisotopic (exact) mass is 271 g/mol. The van der Waals surface area contributed by atoms with Gasteiger partial charge in [-0.3, -0.25) is 0 Å². The molecular weight excluding hydrogens is 263 g/mol. The van der Waals surface area contributed by atoms with Crippen LogP contribution in [0.25, 0.3) is 5.82 Å². The Morgan fingerprint density at radius 3 is 2.47 bits per heavy atom. The molecule has 0 atom stereocenters. The van der Waals surface area contributed by atoms with Crippen molar-refractivity contribution in [3.05, 3.63) is 41.3 Å². The number of rotatable bonds is 2. The summed E-state index contributed by atoms with van der Waals surface area (Å²) in [5.74, 6) is -1.74. The molecule has 2 aromatic rings. The summed E-state index contributed by atoms with van der Waals surface area (Å²) in [6.45, 7) is 1.63. The minimum Gasteiger partial charge on any atom is -0.478 e. The van der Waals surface area contributed by atoms with Crippen LogP contribution in [-0.2, 0) is 6.18 Å². The second-order valence-electron chi connectivity index (χ2n) is 3.77. The highest BCUT2D eigenvalue weighted by Gasteiger charge is 2.33. The summed E-state index contributed by atoms with van der Waals surface area (Å²) in [5.41, 5.74) is -0.979. The number of nitrogens with zero attached hydrogens (tertiary/aromatic N) is 3. The van der Waals surface area contributed by atoms with Crippen LogP contribution >= 0.6 is 0 Å². The highest BCUT2D eigenvalue weighted by Crippen LogP contribution is 2.29. The first-order valence-corrected chi connectivity index (χ1v) is 5.13. The van der Waals surface area contributed by atoms with E-state index in [0.717, 1.165) is 10.7 Å². The molecule has 5 nitrogen and oxygen atoms in total. The lowest BCUT2D eigenvalue weighted by Crippen LogP contribution is -2.14. The molecule has 0 unspecified atom stereocenters. The number of aromatic carboxylic acids is 1. The van der Waals surface area contributed by atoms with Crippen molar-refractivity contribution >= 4 is 5.97 Å². The highest BCUT2D eigenvalue weighted by atomic mass is 19.4. The van der Waals surface area contributed by atoms with Gasteiger partial charge >= 0.3 is 12.1 Å². The van der Waals surface area contributed by atoms with Gasteiger partial charge in [-0.05, 0) is 25.1 Å². The number of hydrogen-bond donors (Lipinski definition) is 1. The van der Waals surface area contributed by atoms with Crippen molar-refractivity contribution in [1.29, 1.82) is 0 Å². The van der Waals surface area contributed by atoms with Crippen molar-refractivity contribution in [3.8, 4) is 5.82 Å². The zero-order valence-electron chi connectivity index (χ0n) is 9.64. The van der Waals surface area contributed by atoms with Gasteiger partial charge in [0.25, 0.3) is 0 Å². The van der Waals surface area contributed by atoms with Crippen molar-refractivity contribution in [3.63, 3.8) is 0 Å². The van der Waals surface area contributed by atoms with E-state index >= 15 is 0 Å². The third-order valence-corrected chi connectivity index (χ3v) is 2.34. The highest BCUT2D eigenvalue weighted by molar-refractivity contribution is 5.91. The van der Waals surface area contributed by atoms with E-state index in [0.29, 0.717) is 11.8 Å². The minimum absolute atomic E-state index is 0.351. The molecule has 0 aromatic carbocycles. The van der Waals surface area contributed by atoms with E-state index in [4.69, 9.17) is 5.11 Å². The molecule has 2 heterocycles. The van der Waals surface area contributed by atoms with Crippen molar-refractivity contribution in [1.82, 2.24) is 14.8 Å². The Balaban J connectivity index is 2.64. The summed E-state index contributed by atoms with van der Waals surface area (Å²) >= 11 is 0. The molecule has 0 amide bonds. The second kappa shape index (κ2) is 4.38. The lowest BCUT2D eigenvalue weighted by Gasteiger charge is -2.10. The van der Waals surface area contributed by atoms with E-state index in [1.54, 1.807) is 6.92 Å².